The highest BCUT2D eigenvalue weighted by Crippen LogP contribution is 2.21. The van der Waals surface area contributed by atoms with Crippen LogP contribution in [-0.2, 0) is 0 Å². The number of nitrogens with one attached hydrogen (secondary N) is 1. The lowest BCUT2D eigenvalue weighted by molar-refractivity contribution is 0.115. The van der Waals surface area contributed by atoms with Gasteiger partial charge in [0.15, 0.2) is 5.82 Å². The molecule has 2 rings (SSSR count). The summed E-state index contributed by atoms with van der Waals surface area (Å²) >= 11 is 6.66. The number of aromatic nitrogens is 2. The molecule has 0 bridgehead atoms. The van der Waals surface area contributed by atoms with Gasteiger partial charge in [-0.2, -0.15) is 4.37 Å². The van der Waals surface area contributed by atoms with E-state index in [1.165, 1.54) is 12.3 Å². The molecule has 1 aromatic heterocycles. The van der Waals surface area contributed by atoms with Crippen molar-refractivity contribution in [2.45, 2.75) is 6.10 Å². The smallest absolute Gasteiger partial charge is 0.245 e. The van der Waals surface area contributed by atoms with Crippen LogP contribution in [0.3, 0.4) is 0 Å². The van der Waals surface area contributed by atoms with Gasteiger partial charge < -0.3 is 15.2 Å². The van der Waals surface area contributed by atoms with E-state index in [-0.39, 0.29) is 23.9 Å². The fourth-order valence-corrected chi connectivity index (χ4v) is 1.87. The molecule has 5 nitrogen and oxygen atoms in total. The molecule has 2 aromatic rings. The van der Waals surface area contributed by atoms with Crippen LogP contribution in [0.25, 0.3) is 0 Å². The van der Waals surface area contributed by atoms with E-state index < -0.39 is 11.9 Å². The van der Waals surface area contributed by atoms with Crippen molar-refractivity contribution in [1.82, 2.24) is 8.75 Å². The van der Waals surface area contributed by atoms with Crippen LogP contribution < -0.4 is 10.1 Å². The van der Waals surface area contributed by atoms with Crippen molar-refractivity contribution in [2.24, 2.45) is 0 Å². The lowest BCUT2D eigenvalue weighted by Gasteiger charge is -2.13. The summed E-state index contributed by atoms with van der Waals surface area (Å²) in [6.45, 7) is 0.176. The molecule has 0 saturated carbocycles. The normalized spacial score (nSPS) is 12.2. The Labute approximate surface area is 118 Å². The minimum absolute atomic E-state index is 0.0317. The van der Waals surface area contributed by atoms with Gasteiger partial charge in [0.05, 0.1) is 22.4 Å². The number of rotatable bonds is 6. The second kappa shape index (κ2) is 6.65. The molecule has 2 N–H and O–H groups in total. The van der Waals surface area contributed by atoms with Crippen molar-refractivity contribution in [1.29, 1.82) is 0 Å². The standard InChI is InChI=1S/C11H11ClFN3O2S/c12-8-2-1-3-9(11(8)13)14-4-7(17)6-18-10-5-15-19-16-10/h1-3,5,7,14,17H,4,6H2. The van der Waals surface area contributed by atoms with Gasteiger partial charge in [0, 0.05) is 6.54 Å². The molecule has 0 aliphatic heterocycles. The molecule has 0 spiro atoms. The first-order chi connectivity index (χ1) is 9.16. The van der Waals surface area contributed by atoms with E-state index in [9.17, 15) is 9.50 Å². The zero-order valence-corrected chi connectivity index (χ0v) is 11.3. The van der Waals surface area contributed by atoms with Gasteiger partial charge in [-0.25, -0.2) is 4.39 Å². The van der Waals surface area contributed by atoms with E-state index in [0.717, 1.165) is 11.7 Å². The molecule has 0 amide bonds. The second-order valence-corrected chi connectivity index (χ2v) is 4.66. The fraction of sp³-hybridized carbons (Fsp3) is 0.273. The maximum Gasteiger partial charge on any atom is 0.245 e. The number of hydrogen-bond acceptors (Lipinski definition) is 6. The molecule has 19 heavy (non-hydrogen) atoms. The van der Waals surface area contributed by atoms with Crippen LogP contribution in [0.15, 0.2) is 24.4 Å². The number of anilines is 1. The largest absolute Gasteiger partial charge is 0.473 e. The third-order valence-corrected chi connectivity index (χ3v) is 3.00. The van der Waals surface area contributed by atoms with Crippen molar-refractivity contribution in [3.05, 3.63) is 35.2 Å². The Morgan fingerprint density at radius 3 is 3.11 bits per heavy atom. The molecule has 0 saturated heterocycles. The minimum Gasteiger partial charge on any atom is -0.473 e. The number of halogens is 2. The highest BCUT2D eigenvalue weighted by atomic mass is 35.5. The number of benzene rings is 1. The van der Waals surface area contributed by atoms with Gasteiger partial charge >= 0.3 is 0 Å². The predicted octanol–water partition coefficient (Wildman–Crippen LogP) is 2.18. The molecular formula is C11H11ClFN3O2S. The van der Waals surface area contributed by atoms with Gasteiger partial charge in [-0.3, -0.25) is 0 Å². The first-order valence-electron chi connectivity index (χ1n) is 5.43. The summed E-state index contributed by atoms with van der Waals surface area (Å²) in [5.74, 6) is -0.182. The van der Waals surface area contributed by atoms with Crippen LogP contribution in [0.2, 0.25) is 5.02 Å². The third kappa shape index (κ3) is 4.02. The number of ether oxygens (including phenoxy) is 1. The molecule has 0 aliphatic carbocycles. The first kappa shape index (κ1) is 14.0. The minimum atomic E-state index is -0.805. The topological polar surface area (TPSA) is 67.3 Å². The van der Waals surface area contributed by atoms with Crippen molar-refractivity contribution in [2.75, 3.05) is 18.5 Å². The highest BCUT2D eigenvalue weighted by molar-refractivity contribution is 6.99. The number of hydrogen-bond donors (Lipinski definition) is 2. The number of nitrogens with zero attached hydrogens (tertiary/aromatic N) is 2. The van der Waals surface area contributed by atoms with Crippen molar-refractivity contribution < 1.29 is 14.2 Å². The fourth-order valence-electron chi connectivity index (χ4n) is 1.33. The van der Waals surface area contributed by atoms with Crippen molar-refractivity contribution >= 4 is 29.0 Å². The molecule has 1 atom stereocenters. The summed E-state index contributed by atoms with van der Waals surface area (Å²) in [5, 5.41) is 12.5. The molecule has 1 heterocycles. The summed E-state index contributed by atoms with van der Waals surface area (Å²) in [7, 11) is 0. The zero-order chi connectivity index (χ0) is 13.7. The van der Waals surface area contributed by atoms with Crippen LogP contribution in [-0.4, -0.2) is 33.1 Å². The van der Waals surface area contributed by atoms with Gasteiger partial charge in [-0.1, -0.05) is 17.7 Å². The Hall–Kier alpha value is -1.44. The zero-order valence-electron chi connectivity index (χ0n) is 9.72. The third-order valence-electron chi connectivity index (χ3n) is 2.24. The average molecular weight is 304 g/mol. The van der Waals surface area contributed by atoms with Crippen LogP contribution in [0.5, 0.6) is 5.88 Å². The summed E-state index contributed by atoms with van der Waals surface area (Å²) in [5.41, 5.74) is 0.238. The van der Waals surface area contributed by atoms with Crippen LogP contribution in [0, 0.1) is 5.82 Å². The Morgan fingerprint density at radius 1 is 1.53 bits per heavy atom. The molecule has 102 valence electrons. The van der Waals surface area contributed by atoms with Gasteiger partial charge in [0.1, 0.15) is 18.9 Å². The highest BCUT2D eigenvalue weighted by Gasteiger charge is 2.10. The lowest BCUT2D eigenvalue weighted by atomic mass is 10.3. The van der Waals surface area contributed by atoms with E-state index >= 15 is 0 Å². The Morgan fingerprint density at radius 2 is 2.37 bits per heavy atom. The maximum atomic E-state index is 13.5. The Balaban J connectivity index is 1.80. The maximum absolute atomic E-state index is 13.5. The Kier molecular flexibility index (Phi) is 4.89. The Bertz CT molecular complexity index is 527. The molecule has 0 radical (unpaired) electrons. The summed E-state index contributed by atoms with van der Waals surface area (Å²) in [4.78, 5) is 0. The van der Waals surface area contributed by atoms with Crippen molar-refractivity contribution in [3.8, 4) is 5.88 Å². The van der Waals surface area contributed by atoms with E-state index in [1.807, 2.05) is 0 Å². The average Bonchev–Trinajstić information content (AvgIpc) is 2.91. The van der Waals surface area contributed by atoms with Gasteiger partial charge in [-0.05, 0) is 12.1 Å². The van der Waals surface area contributed by atoms with Crippen LogP contribution >= 0.6 is 23.3 Å². The van der Waals surface area contributed by atoms with Gasteiger partial charge in [0.25, 0.3) is 0 Å². The molecule has 0 fully saturated rings. The second-order valence-electron chi connectivity index (χ2n) is 3.69. The lowest BCUT2D eigenvalue weighted by Crippen LogP contribution is -2.26. The van der Waals surface area contributed by atoms with Gasteiger partial charge in [-0.15, -0.1) is 4.37 Å². The SMILES string of the molecule is OC(CNc1cccc(Cl)c1F)COc1cnsn1. The van der Waals surface area contributed by atoms with Crippen LogP contribution in [0.1, 0.15) is 0 Å². The van der Waals surface area contributed by atoms with E-state index in [4.69, 9.17) is 16.3 Å². The van der Waals surface area contributed by atoms with Crippen LogP contribution in [0.4, 0.5) is 10.1 Å². The van der Waals surface area contributed by atoms with Crippen molar-refractivity contribution in [3.63, 3.8) is 0 Å². The molecule has 8 heteroatoms. The quantitative estimate of drug-likeness (QED) is 0.856. The molecule has 1 unspecified atom stereocenters. The molecule has 0 aliphatic rings. The van der Waals surface area contributed by atoms with E-state index in [1.54, 1.807) is 12.1 Å². The van der Waals surface area contributed by atoms with E-state index in [0.29, 0.717) is 5.88 Å². The predicted molar refractivity (Wildman–Crippen MR) is 71.3 cm³/mol. The number of aliphatic hydroxyl groups is 1. The summed E-state index contributed by atoms with van der Waals surface area (Å²) in [6.07, 6.45) is 0.654. The summed E-state index contributed by atoms with van der Waals surface area (Å²) in [6, 6.07) is 4.62. The van der Waals surface area contributed by atoms with E-state index in [2.05, 4.69) is 14.1 Å². The monoisotopic (exact) mass is 303 g/mol. The molecule has 1 aromatic carbocycles. The molecular weight excluding hydrogens is 293 g/mol. The summed E-state index contributed by atoms with van der Waals surface area (Å²) < 4.78 is 26.3. The first-order valence-corrected chi connectivity index (χ1v) is 6.54. The van der Waals surface area contributed by atoms with Gasteiger partial charge in [0.2, 0.25) is 5.88 Å². The number of aliphatic hydroxyl groups excluding tert-OH is 1.